The minimum Gasteiger partial charge on any atom is -0.350 e. The first-order chi connectivity index (χ1) is 9.74. The molecule has 3 N–H and O–H groups in total. The van der Waals surface area contributed by atoms with Crippen LogP contribution in [0.1, 0.15) is 32.1 Å². The van der Waals surface area contributed by atoms with E-state index < -0.39 is 0 Å². The van der Waals surface area contributed by atoms with Gasteiger partial charge in [-0.15, -0.1) is 0 Å². The molecule has 0 radical (unpaired) electrons. The van der Waals surface area contributed by atoms with Crippen LogP contribution in [0.5, 0.6) is 0 Å². The fourth-order valence-corrected chi connectivity index (χ4v) is 3.40. The van der Waals surface area contributed by atoms with Crippen LogP contribution in [-0.2, 0) is 9.59 Å². The van der Waals surface area contributed by atoms with Gasteiger partial charge < -0.3 is 20.9 Å². The van der Waals surface area contributed by atoms with Gasteiger partial charge >= 0.3 is 0 Å². The maximum Gasteiger partial charge on any atom is 0.239 e. The number of likely N-dealkylation sites (tertiary alicyclic amines) is 1. The summed E-state index contributed by atoms with van der Waals surface area (Å²) in [6.07, 6.45) is 4.89. The van der Waals surface area contributed by atoms with Gasteiger partial charge in [0.15, 0.2) is 0 Å². The smallest absolute Gasteiger partial charge is 0.239 e. The summed E-state index contributed by atoms with van der Waals surface area (Å²) in [5, 5.41) is 9.53. The highest BCUT2D eigenvalue weighted by molar-refractivity contribution is 5.84. The van der Waals surface area contributed by atoms with Crippen molar-refractivity contribution in [2.45, 2.75) is 50.2 Å². The Hall–Kier alpha value is -1.14. The SMILES string of the molecule is O=C(N[C@H]1CCN(C(=O)[C@@H]2CCCN2)C1)[C@@H]1CCCN1. The van der Waals surface area contributed by atoms with Crippen molar-refractivity contribution >= 4 is 11.8 Å². The second kappa shape index (κ2) is 6.10. The predicted octanol–water partition coefficient (Wildman–Crippen LogP) is -0.792. The summed E-state index contributed by atoms with van der Waals surface area (Å²) in [5.41, 5.74) is 0. The van der Waals surface area contributed by atoms with E-state index in [4.69, 9.17) is 0 Å². The highest BCUT2D eigenvalue weighted by Crippen LogP contribution is 2.15. The third-order valence-corrected chi connectivity index (χ3v) is 4.58. The van der Waals surface area contributed by atoms with Crippen molar-refractivity contribution in [2.75, 3.05) is 26.2 Å². The predicted molar refractivity (Wildman–Crippen MR) is 75.2 cm³/mol. The minimum absolute atomic E-state index is 0.000880. The molecule has 0 unspecified atom stereocenters. The van der Waals surface area contributed by atoms with Crippen LogP contribution in [0.4, 0.5) is 0 Å². The van der Waals surface area contributed by atoms with E-state index in [1.807, 2.05) is 4.90 Å². The first kappa shape index (κ1) is 13.8. The second-order valence-electron chi connectivity index (χ2n) is 6.08. The van der Waals surface area contributed by atoms with Crippen molar-refractivity contribution < 1.29 is 9.59 Å². The number of hydrogen-bond acceptors (Lipinski definition) is 4. The maximum absolute atomic E-state index is 12.3. The fourth-order valence-electron chi connectivity index (χ4n) is 3.40. The molecule has 20 heavy (non-hydrogen) atoms. The zero-order valence-electron chi connectivity index (χ0n) is 11.9. The Balaban J connectivity index is 1.46. The topological polar surface area (TPSA) is 73.5 Å². The highest BCUT2D eigenvalue weighted by atomic mass is 16.2. The Labute approximate surface area is 119 Å². The number of hydrogen-bond donors (Lipinski definition) is 3. The van der Waals surface area contributed by atoms with Crippen LogP contribution < -0.4 is 16.0 Å². The molecule has 3 aliphatic heterocycles. The van der Waals surface area contributed by atoms with E-state index in [0.717, 1.165) is 51.7 Å². The first-order valence-corrected chi connectivity index (χ1v) is 7.80. The van der Waals surface area contributed by atoms with Crippen LogP contribution >= 0.6 is 0 Å². The van der Waals surface area contributed by atoms with Gasteiger partial charge in [-0.25, -0.2) is 0 Å². The molecular formula is C14H24N4O2. The number of carbonyl (C=O) groups excluding carboxylic acids is 2. The van der Waals surface area contributed by atoms with E-state index in [1.165, 1.54) is 0 Å². The Morgan fingerprint density at radius 3 is 2.35 bits per heavy atom. The van der Waals surface area contributed by atoms with Crippen LogP contribution in [0.25, 0.3) is 0 Å². The van der Waals surface area contributed by atoms with Gasteiger partial charge in [-0.3, -0.25) is 9.59 Å². The van der Waals surface area contributed by atoms with Crippen molar-refractivity contribution in [1.29, 1.82) is 0 Å². The normalized spacial score (nSPS) is 33.6. The van der Waals surface area contributed by atoms with Gasteiger partial charge in [-0.05, 0) is 45.2 Å². The van der Waals surface area contributed by atoms with E-state index in [-0.39, 0.29) is 29.9 Å². The third-order valence-electron chi connectivity index (χ3n) is 4.58. The van der Waals surface area contributed by atoms with Gasteiger partial charge in [-0.2, -0.15) is 0 Å². The lowest BCUT2D eigenvalue weighted by Gasteiger charge is -2.21. The van der Waals surface area contributed by atoms with Gasteiger partial charge in [0.25, 0.3) is 0 Å². The molecule has 3 atom stereocenters. The van der Waals surface area contributed by atoms with E-state index in [0.29, 0.717) is 6.54 Å². The van der Waals surface area contributed by atoms with Crippen LogP contribution in [-0.4, -0.2) is 61.0 Å². The van der Waals surface area contributed by atoms with Crippen molar-refractivity contribution in [1.82, 2.24) is 20.9 Å². The van der Waals surface area contributed by atoms with E-state index in [2.05, 4.69) is 16.0 Å². The molecule has 0 spiro atoms. The Morgan fingerprint density at radius 2 is 1.70 bits per heavy atom. The molecule has 0 saturated carbocycles. The summed E-state index contributed by atoms with van der Waals surface area (Å²) < 4.78 is 0. The number of nitrogens with one attached hydrogen (secondary N) is 3. The average Bonchev–Trinajstić information content (AvgIpc) is 3.19. The molecule has 6 nitrogen and oxygen atoms in total. The molecule has 3 rings (SSSR count). The van der Waals surface area contributed by atoms with Crippen molar-refractivity contribution in [2.24, 2.45) is 0 Å². The van der Waals surface area contributed by atoms with Crippen molar-refractivity contribution in [3.8, 4) is 0 Å². The third kappa shape index (κ3) is 2.96. The van der Waals surface area contributed by atoms with Crippen LogP contribution in [0, 0.1) is 0 Å². The average molecular weight is 280 g/mol. The van der Waals surface area contributed by atoms with Crippen LogP contribution in [0.2, 0.25) is 0 Å². The monoisotopic (exact) mass is 280 g/mol. The van der Waals surface area contributed by atoms with E-state index >= 15 is 0 Å². The zero-order chi connectivity index (χ0) is 13.9. The second-order valence-corrected chi connectivity index (χ2v) is 6.08. The van der Waals surface area contributed by atoms with Crippen LogP contribution in [0.3, 0.4) is 0 Å². The highest BCUT2D eigenvalue weighted by Gasteiger charge is 2.33. The Bertz CT molecular complexity index is 375. The zero-order valence-corrected chi connectivity index (χ0v) is 11.9. The molecule has 0 aliphatic carbocycles. The molecule has 3 saturated heterocycles. The number of nitrogens with zero attached hydrogens (tertiary/aromatic N) is 1. The molecule has 2 amide bonds. The molecule has 3 heterocycles. The Kier molecular flexibility index (Phi) is 4.21. The molecule has 0 aromatic carbocycles. The van der Waals surface area contributed by atoms with Gasteiger partial charge in [0.2, 0.25) is 11.8 Å². The molecule has 0 bridgehead atoms. The number of carbonyl (C=O) groups is 2. The molecular weight excluding hydrogens is 256 g/mol. The van der Waals surface area contributed by atoms with Gasteiger partial charge in [0, 0.05) is 19.1 Å². The van der Waals surface area contributed by atoms with Crippen molar-refractivity contribution in [3.05, 3.63) is 0 Å². The van der Waals surface area contributed by atoms with Crippen LogP contribution in [0.15, 0.2) is 0 Å². The lowest BCUT2D eigenvalue weighted by molar-refractivity contribution is -0.132. The summed E-state index contributed by atoms with van der Waals surface area (Å²) in [7, 11) is 0. The molecule has 0 aromatic rings. The lowest BCUT2D eigenvalue weighted by atomic mass is 10.2. The first-order valence-electron chi connectivity index (χ1n) is 7.80. The van der Waals surface area contributed by atoms with E-state index in [1.54, 1.807) is 0 Å². The largest absolute Gasteiger partial charge is 0.350 e. The molecule has 6 heteroatoms. The maximum atomic E-state index is 12.3. The fraction of sp³-hybridized carbons (Fsp3) is 0.857. The number of rotatable bonds is 3. The number of amides is 2. The molecule has 3 fully saturated rings. The summed E-state index contributed by atoms with van der Waals surface area (Å²) in [4.78, 5) is 26.2. The summed E-state index contributed by atoms with van der Waals surface area (Å²) in [5.74, 6) is 0.305. The summed E-state index contributed by atoms with van der Waals surface area (Å²) in [6.45, 7) is 3.30. The van der Waals surface area contributed by atoms with Gasteiger partial charge in [-0.1, -0.05) is 0 Å². The van der Waals surface area contributed by atoms with Crippen molar-refractivity contribution in [3.63, 3.8) is 0 Å². The van der Waals surface area contributed by atoms with Gasteiger partial charge in [0.1, 0.15) is 0 Å². The quantitative estimate of drug-likeness (QED) is 0.633. The standard InChI is InChI=1S/C14H24N4O2/c19-13(11-3-1-6-15-11)17-10-5-8-18(9-10)14(20)12-4-2-7-16-12/h10-12,15-16H,1-9H2,(H,17,19)/t10-,11-,12-/m0/s1. The molecule has 3 aliphatic rings. The summed E-state index contributed by atoms with van der Waals surface area (Å²) in [6, 6.07) is 0.0902. The summed E-state index contributed by atoms with van der Waals surface area (Å²) >= 11 is 0. The van der Waals surface area contributed by atoms with E-state index in [9.17, 15) is 9.59 Å². The minimum atomic E-state index is -0.0312. The molecule has 0 aromatic heterocycles. The van der Waals surface area contributed by atoms with Gasteiger partial charge in [0.05, 0.1) is 12.1 Å². The Morgan fingerprint density at radius 1 is 1.00 bits per heavy atom. The lowest BCUT2D eigenvalue weighted by Crippen LogP contribution is -2.47. The molecule has 112 valence electrons.